The number of fused-ring (bicyclic) bond motifs is 15. The van der Waals surface area contributed by atoms with Gasteiger partial charge in [-0.2, -0.15) is 0 Å². The van der Waals surface area contributed by atoms with Crippen LogP contribution in [0.4, 0.5) is 23.7 Å². The number of aliphatic hydroxyl groups is 6. The number of phenols is 3. The zero-order valence-electron chi connectivity index (χ0n) is 68.9. The number of likely N-dealkylation sites (N-methyl/N-ethyl adjacent to an activating group) is 1. The van der Waals surface area contributed by atoms with Gasteiger partial charge in [0, 0.05) is 80.7 Å². The van der Waals surface area contributed by atoms with Crippen LogP contribution in [0.3, 0.4) is 0 Å². The van der Waals surface area contributed by atoms with Gasteiger partial charge in [0.1, 0.15) is 101 Å². The predicted molar refractivity (Wildman–Crippen MR) is 441 cm³/mol. The minimum atomic E-state index is -4.91. The number of amides is 10. The number of nitrogens with two attached hydrogens (primary N) is 1. The van der Waals surface area contributed by atoms with Crippen LogP contribution in [0.5, 0.6) is 51.7 Å². The monoisotopic (exact) mass is 1820 g/mol. The van der Waals surface area contributed by atoms with E-state index in [-0.39, 0.29) is 65.0 Å². The Morgan fingerprint density at radius 2 is 1.35 bits per heavy atom. The fraction of sp³-hybridized carbons (Fsp3) is 0.451. The number of rotatable bonds is 22. The molecular formula is C82H98Cl2F3N15O25. The highest BCUT2D eigenvalue weighted by atomic mass is 35.5. The van der Waals surface area contributed by atoms with E-state index < -0.39 is 255 Å². The summed E-state index contributed by atoms with van der Waals surface area (Å²) < 4.78 is 81.6. The third kappa shape index (κ3) is 22.5. The molecule has 23 N–H and O–H groups in total. The van der Waals surface area contributed by atoms with Crippen molar-refractivity contribution in [2.75, 3.05) is 64.8 Å². The van der Waals surface area contributed by atoms with E-state index in [2.05, 4.69) is 73.8 Å². The minimum Gasteiger partial charge on any atom is -0.508 e. The average molecular weight is 1820 g/mol. The molecule has 45 heteroatoms. The van der Waals surface area contributed by atoms with Crippen molar-refractivity contribution in [2.45, 2.75) is 169 Å². The Morgan fingerprint density at radius 3 is 1.96 bits per heavy atom. The van der Waals surface area contributed by atoms with Gasteiger partial charge in [-0.1, -0.05) is 62.2 Å². The molecular weight excluding hydrogens is 1720 g/mol. The molecule has 10 amide bonds. The first-order valence-corrected chi connectivity index (χ1v) is 41.1. The zero-order chi connectivity index (χ0) is 91.9. The lowest BCUT2D eigenvalue weighted by molar-refractivity contribution is -0.334. The smallest absolute Gasteiger partial charge is 0.508 e. The maximum absolute atomic E-state index is 16.3. The van der Waals surface area contributed by atoms with Gasteiger partial charge < -0.3 is 133 Å². The number of ether oxygens (including phenoxy) is 7. The van der Waals surface area contributed by atoms with Crippen LogP contribution in [0.15, 0.2) is 103 Å². The molecule has 127 heavy (non-hydrogen) atoms. The number of nitrogens with zero attached hydrogens (tertiary/aromatic N) is 2. The minimum absolute atomic E-state index is 0.100. The number of halogens is 5. The molecule has 0 spiro atoms. The summed E-state index contributed by atoms with van der Waals surface area (Å²) in [4.78, 5) is 135. The molecule has 11 bridgehead atoms. The van der Waals surface area contributed by atoms with Crippen LogP contribution < -0.4 is 88.8 Å². The maximum atomic E-state index is 16.3. The van der Waals surface area contributed by atoms with Gasteiger partial charge in [0.25, 0.3) is 5.91 Å². The van der Waals surface area contributed by atoms with Gasteiger partial charge in [0.15, 0.2) is 23.9 Å². The Morgan fingerprint density at radius 1 is 0.717 bits per heavy atom. The number of carbonyl (C=O) groups excluding carboxylic acids is 9. The highest BCUT2D eigenvalue weighted by Gasteiger charge is 2.53. The largest absolute Gasteiger partial charge is 0.573 e. The summed E-state index contributed by atoms with van der Waals surface area (Å²) in [5.41, 5.74) is 9.89. The second kappa shape index (κ2) is 40.4. The van der Waals surface area contributed by atoms with Gasteiger partial charge in [-0.15, -0.1) is 13.2 Å². The molecule has 6 aromatic carbocycles. The summed E-state index contributed by atoms with van der Waals surface area (Å²) in [5.74, 6) is -15.6. The number of hydrogen-bond acceptors (Lipinski definition) is 30. The van der Waals surface area contributed by atoms with Crippen LogP contribution in [0.1, 0.15) is 112 Å². The van der Waals surface area contributed by atoms with Crippen LogP contribution in [0.25, 0.3) is 11.1 Å². The number of piperazine rings is 1. The third-order valence-corrected chi connectivity index (χ3v) is 22.7. The topological polar surface area (TPSA) is 577 Å². The normalized spacial score (nSPS) is 26.9. The molecule has 0 aromatic heterocycles. The van der Waals surface area contributed by atoms with Crippen molar-refractivity contribution in [3.63, 3.8) is 0 Å². The Hall–Kier alpha value is -11.2. The maximum Gasteiger partial charge on any atom is 0.573 e. The van der Waals surface area contributed by atoms with Gasteiger partial charge in [0.05, 0.1) is 41.3 Å². The number of nitrogens with one attached hydrogen (secondary N) is 12. The highest BCUT2D eigenvalue weighted by Crippen LogP contribution is 2.50. The molecule has 18 unspecified atom stereocenters. The average Bonchev–Trinajstić information content (AvgIpc) is 0.747. The molecule has 40 nitrogen and oxygen atoms in total. The lowest BCUT2D eigenvalue weighted by Crippen LogP contribution is -2.66. The van der Waals surface area contributed by atoms with E-state index in [0.717, 1.165) is 72.8 Å². The van der Waals surface area contributed by atoms with Gasteiger partial charge >= 0.3 is 12.4 Å². The number of alkyl halides is 3. The van der Waals surface area contributed by atoms with E-state index >= 15 is 24.0 Å². The molecule has 8 heterocycles. The van der Waals surface area contributed by atoms with Crippen LogP contribution >= 0.6 is 23.2 Å². The van der Waals surface area contributed by atoms with Crippen LogP contribution in [0.2, 0.25) is 10.0 Å². The summed E-state index contributed by atoms with van der Waals surface area (Å²) in [6.07, 6.45) is -24.0. The summed E-state index contributed by atoms with van der Waals surface area (Å²) >= 11 is 14.4. The van der Waals surface area contributed by atoms with Gasteiger partial charge in [-0.3, -0.25) is 54.1 Å². The number of phenolic OH excluding ortho intramolecular Hbond substituents is 3. The van der Waals surface area contributed by atoms with Crippen molar-refractivity contribution in [1.82, 2.24) is 68.7 Å². The second-order valence-electron chi connectivity index (χ2n) is 31.7. The van der Waals surface area contributed by atoms with E-state index in [4.69, 9.17) is 57.4 Å². The first kappa shape index (κ1) is 94.9. The number of anilines is 1. The summed E-state index contributed by atoms with van der Waals surface area (Å²) in [7, 11) is 1.47. The number of primary amides is 1. The lowest BCUT2D eigenvalue weighted by atomic mass is 9.85. The molecule has 0 radical (unpaired) electrons. The SMILES string of the molecule is CCNNC(=O)C1NC(=O)C2NC(=O)C(NC(=O)C3NC(=O)C(CC(N)=O)NC(=O)C(NC(=O)C(CC(C)C)NC)C(O)c4ccc(c(Cl)c4)Oc4cc3cc(c4OC3OC(CO)C(O)C(O)C3OC3CC(C)(NCCN4CCN(NC(=O)Nc5ccc(OC(F)(F)F)cc5)CC4)C(O)C(C)O3)Oc3ccc(cc3Cl)C2O)c2ccc(O)c(c2)-c2c(O)cc(O)cc21. The van der Waals surface area contributed by atoms with Crippen molar-refractivity contribution in [3.8, 4) is 62.9 Å². The molecule has 8 aliphatic rings. The number of aliphatic hydroxyl groups excluding tert-OH is 6. The van der Waals surface area contributed by atoms with E-state index in [0.29, 0.717) is 32.7 Å². The van der Waals surface area contributed by atoms with Crippen molar-refractivity contribution in [2.24, 2.45) is 11.7 Å². The van der Waals surface area contributed by atoms with Crippen LogP contribution in [-0.2, 0) is 52.6 Å². The number of carbonyl (C=O) groups is 9. The predicted octanol–water partition coefficient (Wildman–Crippen LogP) is 1.55. The molecule has 686 valence electrons. The summed E-state index contributed by atoms with van der Waals surface area (Å²) in [6.45, 7) is 9.67. The van der Waals surface area contributed by atoms with Crippen molar-refractivity contribution in [3.05, 3.63) is 141 Å². The number of benzene rings is 6. The molecule has 8 aliphatic heterocycles. The van der Waals surface area contributed by atoms with E-state index in [9.17, 15) is 78.3 Å². The molecule has 3 fully saturated rings. The Labute approximate surface area is 732 Å². The summed E-state index contributed by atoms with van der Waals surface area (Å²) in [6, 6.07) is 3.77. The lowest BCUT2D eigenvalue weighted by Gasteiger charge is -2.48. The van der Waals surface area contributed by atoms with Gasteiger partial charge in [0.2, 0.25) is 53.4 Å². The first-order chi connectivity index (χ1) is 60.2. The molecule has 6 aromatic rings. The zero-order valence-corrected chi connectivity index (χ0v) is 70.4. The number of urea groups is 1. The second-order valence-corrected chi connectivity index (χ2v) is 32.5. The van der Waals surface area contributed by atoms with Gasteiger partial charge in [-0.05, 0) is 140 Å². The molecule has 0 aliphatic carbocycles. The molecule has 18 atom stereocenters. The Balaban J connectivity index is 0.960. The third-order valence-electron chi connectivity index (χ3n) is 22.1. The van der Waals surface area contributed by atoms with Gasteiger partial charge in [-0.25, -0.2) is 15.2 Å². The molecule has 3 saturated heterocycles. The fourth-order valence-corrected chi connectivity index (χ4v) is 16.0. The number of hydrogen-bond donors (Lipinski definition) is 22. The Bertz CT molecular complexity index is 5090. The molecule has 14 rings (SSSR count). The van der Waals surface area contributed by atoms with Crippen LogP contribution in [0, 0.1) is 5.92 Å². The quantitative estimate of drug-likeness (QED) is 0.0429. The standard InChI is InChI=1S/C82H98Cl2F3N15O25/c1-7-91-99-78(119)62-45-30-42(104)31-51(106)59(45)44-25-37(8-15-50(44)105)60-74(115)98-64(77(118)96-62)66(109)39-10-17-53(47(84)27-39)123-55-29-40-28-54(122-52-16-9-38(26-46(52)83)65(108)63(97-72(113)48(89-6)24-35(2)3)76(117)93-49(32-57(88)107)73(114)94-61(40)75(116)95-60)69(55)126-79-70(68(111)67(110)56(34-103)124-79)125-58-33-81(5,71(112)36(4)121-58)90-18-19-101-20-22-102(23-21-101)100-80(120)92-41-11-13-43(14-12-41)127-82(85,86)87/h8-17,25-31,35-36,48-49,56,58,60-68,70-71,79,89-91,103-106,108-112H,7,18-24,32-34H2,1-6H3,(H2,88,107)(H,93,117)(H,94,114)(H,95,116)(H,96,118)(H,97,113)(H,98,115)(H,99,119)(H2,92,100,120). The fourth-order valence-electron chi connectivity index (χ4n) is 15.5. The van der Waals surface area contributed by atoms with Crippen molar-refractivity contribution < 1.29 is 135 Å². The van der Waals surface area contributed by atoms with Crippen molar-refractivity contribution in [1.29, 1.82) is 0 Å². The highest BCUT2D eigenvalue weighted by molar-refractivity contribution is 6.32. The van der Waals surface area contributed by atoms with Crippen molar-refractivity contribution >= 4 is 82.2 Å². The van der Waals surface area contributed by atoms with E-state index in [1.54, 1.807) is 18.9 Å². The van der Waals surface area contributed by atoms with E-state index in [1.807, 2.05) is 13.8 Å². The number of aromatic hydroxyl groups is 3. The molecule has 0 saturated carbocycles. The first-order valence-electron chi connectivity index (χ1n) is 40.3. The van der Waals surface area contributed by atoms with E-state index in [1.165, 1.54) is 44.3 Å². The Kier molecular flexibility index (Phi) is 30.2. The number of hydrazine groups is 2. The van der Waals surface area contributed by atoms with Crippen LogP contribution in [-0.4, -0.2) is 254 Å². The summed E-state index contributed by atoms with van der Waals surface area (Å²) in [5, 5.41) is 131.